The highest BCUT2D eigenvalue weighted by Gasteiger charge is 2.38. The molecule has 1 saturated heterocycles. The molecular weight excluding hydrogens is 512 g/mol. The summed E-state index contributed by atoms with van der Waals surface area (Å²) >= 11 is 0.634. The molecular formula is C21H23F6N7OS. The van der Waals surface area contributed by atoms with Crippen LogP contribution in [0.2, 0.25) is 0 Å². The van der Waals surface area contributed by atoms with E-state index in [1.165, 1.54) is 0 Å². The Morgan fingerprint density at radius 3 is 2.61 bits per heavy atom. The third-order valence-electron chi connectivity index (χ3n) is 5.13. The third kappa shape index (κ3) is 6.46. The van der Waals surface area contributed by atoms with Crippen LogP contribution in [0, 0.1) is 11.6 Å². The van der Waals surface area contributed by atoms with Gasteiger partial charge in [0.25, 0.3) is 18.3 Å². The number of hydrogen-bond acceptors (Lipinski definition) is 7. The number of amides is 1. The SMILES string of the molecule is NC=C(NC(=O)c1nc(-c2c(F)cccc2F)sc1N)C(=NCC(F)F)N1CCC(N)CC(F)(F)C1. The number of aliphatic imine (C=N–C) groups is 1. The summed E-state index contributed by atoms with van der Waals surface area (Å²) in [5.74, 6) is -6.55. The van der Waals surface area contributed by atoms with Crippen LogP contribution in [0.25, 0.3) is 10.6 Å². The number of halogens is 6. The number of amidine groups is 1. The van der Waals surface area contributed by atoms with Gasteiger partial charge in [-0.3, -0.25) is 9.79 Å². The van der Waals surface area contributed by atoms with E-state index in [-0.39, 0.29) is 28.7 Å². The number of carbonyl (C=O) groups is 1. The Bertz CT molecular complexity index is 1150. The maximum Gasteiger partial charge on any atom is 0.277 e. The number of benzene rings is 1. The quantitative estimate of drug-likeness (QED) is 0.255. The summed E-state index contributed by atoms with van der Waals surface area (Å²) in [6, 6.07) is 2.31. The minimum absolute atomic E-state index is 0.0679. The van der Waals surface area contributed by atoms with Crippen LogP contribution >= 0.6 is 11.3 Å². The van der Waals surface area contributed by atoms with E-state index < -0.39 is 72.5 Å². The van der Waals surface area contributed by atoms with E-state index in [2.05, 4.69) is 15.3 Å². The van der Waals surface area contributed by atoms with Gasteiger partial charge in [-0.15, -0.1) is 0 Å². The molecule has 0 aliphatic carbocycles. The van der Waals surface area contributed by atoms with Crippen LogP contribution in [-0.4, -0.2) is 59.7 Å². The maximum atomic E-state index is 14.4. The molecule has 1 aliphatic heterocycles. The molecule has 0 saturated carbocycles. The number of nitrogens with zero attached hydrogens (tertiary/aromatic N) is 3. The number of nitrogen functional groups attached to an aromatic ring is 1. The van der Waals surface area contributed by atoms with Gasteiger partial charge in [-0.25, -0.2) is 31.3 Å². The Morgan fingerprint density at radius 1 is 1.33 bits per heavy atom. The van der Waals surface area contributed by atoms with Gasteiger partial charge in [-0.2, -0.15) is 0 Å². The first-order valence-electron chi connectivity index (χ1n) is 10.6. The number of nitrogens with one attached hydrogen (secondary N) is 1. The minimum atomic E-state index is -3.26. The van der Waals surface area contributed by atoms with Gasteiger partial charge in [0.15, 0.2) is 5.69 Å². The van der Waals surface area contributed by atoms with E-state index in [9.17, 15) is 31.1 Å². The van der Waals surface area contributed by atoms with E-state index in [4.69, 9.17) is 17.2 Å². The predicted octanol–water partition coefficient (Wildman–Crippen LogP) is 2.92. The zero-order valence-electron chi connectivity index (χ0n) is 18.7. The first-order valence-corrected chi connectivity index (χ1v) is 11.4. The molecule has 1 aromatic heterocycles. The predicted molar refractivity (Wildman–Crippen MR) is 124 cm³/mol. The van der Waals surface area contributed by atoms with Crippen LogP contribution in [0.1, 0.15) is 23.3 Å². The van der Waals surface area contributed by atoms with Gasteiger partial charge in [0.2, 0.25) is 0 Å². The highest BCUT2D eigenvalue weighted by atomic mass is 32.1. The van der Waals surface area contributed by atoms with Crippen LogP contribution in [0.15, 0.2) is 35.1 Å². The first kappa shape index (κ1) is 27.3. The number of thiazole rings is 1. The van der Waals surface area contributed by atoms with E-state index in [1.807, 2.05) is 0 Å². The zero-order valence-corrected chi connectivity index (χ0v) is 19.5. The van der Waals surface area contributed by atoms with Gasteiger partial charge >= 0.3 is 0 Å². The zero-order chi connectivity index (χ0) is 26.6. The van der Waals surface area contributed by atoms with E-state index in [0.29, 0.717) is 11.3 Å². The number of rotatable bonds is 6. The fourth-order valence-electron chi connectivity index (χ4n) is 3.58. The van der Waals surface area contributed by atoms with Crippen molar-refractivity contribution in [3.63, 3.8) is 0 Å². The Morgan fingerprint density at radius 2 is 2.00 bits per heavy atom. The molecule has 2 heterocycles. The molecule has 3 rings (SSSR count). The lowest BCUT2D eigenvalue weighted by Crippen LogP contribution is -2.44. The van der Waals surface area contributed by atoms with Crippen molar-refractivity contribution in [1.82, 2.24) is 15.2 Å². The summed E-state index contributed by atoms with van der Waals surface area (Å²) in [4.78, 5) is 21.5. The summed E-state index contributed by atoms with van der Waals surface area (Å²) in [5, 5.41) is 1.85. The van der Waals surface area contributed by atoms with Gasteiger partial charge in [-0.05, 0) is 18.6 Å². The Hall–Kier alpha value is -3.33. The lowest BCUT2D eigenvalue weighted by molar-refractivity contribution is -0.0204. The van der Waals surface area contributed by atoms with Crippen LogP contribution < -0.4 is 22.5 Å². The molecule has 2 aromatic rings. The highest BCUT2D eigenvalue weighted by molar-refractivity contribution is 7.19. The largest absolute Gasteiger partial charge is 0.403 e. The number of likely N-dealkylation sites (tertiary alicyclic amines) is 1. The topological polar surface area (TPSA) is 136 Å². The van der Waals surface area contributed by atoms with Crippen molar-refractivity contribution >= 4 is 28.1 Å². The van der Waals surface area contributed by atoms with Crippen molar-refractivity contribution in [3.8, 4) is 10.6 Å². The second-order valence-corrected chi connectivity index (χ2v) is 8.98. The number of aromatic nitrogens is 1. The Labute approximate surface area is 205 Å². The summed E-state index contributed by atoms with van der Waals surface area (Å²) in [6.07, 6.45) is -2.63. The fourth-order valence-corrected chi connectivity index (χ4v) is 4.46. The van der Waals surface area contributed by atoms with Crippen LogP contribution in [0.4, 0.5) is 31.3 Å². The average molecular weight is 536 g/mol. The lowest BCUT2D eigenvalue weighted by Gasteiger charge is -2.28. The fraction of sp³-hybridized carbons (Fsp3) is 0.381. The third-order valence-corrected chi connectivity index (χ3v) is 6.03. The van der Waals surface area contributed by atoms with E-state index >= 15 is 0 Å². The van der Waals surface area contributed by atoms with Crippen LogP contribution in [0.3, 0.4) is 0 Å². The van der Waals surface area contributed by atoms with Crippen molar-refractivity contribution in [2.45, 2.75) is 31.2 Å². The summed E-state index contributed by atoms with van der Waals surface area (Å²) in [7, 11) is 0. The number of nitrogens with two attached hydrogens (primary N) is 3. The smallest absolute Gasteiger partial charge is 0.277 e. The summed E-state index contributed by atoms with van der Waals surface area (Å²) < 4.78 is 82.8. The van der Waals surface area contributed by atoms with Crippen LogP contribution in [-0.2, 0) is 0 Å². The normalized spacial score (nSPS) is 18.9. The Kier molecular flexibility index (Phi) is 8.45. The molecule has 0 spiro atoms. The second-order valence-electron chi connectivity index (χ2n) is 7.95. The summed E-state index contributed by atoms with van der Waals surface area (Å²) in [6.45, 7) is -2.01. The molecule has 7 N–H and O–H groups in total. The molecule has 1 aromatic carbocycles. The second kappa shape index (κ2) is 11.2. The van der Waals surface area contributed by atoms with Gasteiger partial charge in [0.1, 0.15) is 34.0 Å². The van der Waals surface area contributed by atoms with Crippen molar-refractivity contribution in [2.24, 2.45) is 16.5 Å². The van der Waals surface area contributed by atoms with Gasteiger partial charge in [-0.1, -0.05) is 17.4 Å². The molecule has 1 atom stereocenters. The van der Waals surface area contributed by atoms with Crippen molar-refractivity contribution < 1.29 is 31.1 Å². The number of anilines is 1. The molecule has 1 aliphatic rings. The monoisotopic (exact) mass is 535 g/mol. The molecule has 1 unspecified atom stereocenters. The molecule has 8 nitrogen and oxygen atoms in total. The number of alkyl halides is 4. The highest BCUT2D eigenvalue weighted by Crippen LogP contribution is 2.33. The molecule has 196 valence electrons. The average Bonchev–Trinajstić information content (AvgIpc) is 3.09. The number of hydrogen-bond donors (Lipinski definition) is 4. The van der Waals surface area contributed by atoms with E-state index in [1.54, 1.807) is 0 Å². The molecule has 1 amide bonds. The molecule has 0 radical (unpaired) electrons. The minimum Gasteiger partial charge on any atom is -0.403 e. The molecule has 1 fully saturated rings. The molecule has 15 heteroatoms. The standard InChI is InChI=1S/C21H23F6N7OS/c22-11-2-1-3-12(23)15(11)20-33-16(17(30)36-20)19(35)32-13(7-28)18(31-8-14(24)25)34-5-4-10(29)6-21(26,27)9-34/h1-3,7,10,14H,4-6,8-9,28-30H2,(H,32,35). The Balaban J connectivity index is 1.91. The lowest BCUT2D eigenvalue weighted by atomic mass is 10.1. The maximum absolute atomic E-state index is 14.4. The van der Waals surface area contributed by atoms with Gasteiger partial charge in [0.05, 0.1) is 17.8 Å². The molecule has 36 heavy (non-hydrogen) atoms. The van der Waals surface area contributed by atoms with Crippen molar-refractivity contribution in [2.75, 3.05) is 25.4 Å². The van der Waals surface area contributed by atoms with E-state index in [0.717, 1.165) is 29.3 Å². The van der Waals surface area contributed by atoms with Gasteiger partial charge < -0.3 is 27.4 Å². The number of carbonyl (C=O) groups excluding carboxylic acids is 1. The first-order chi connectivity index (χ1) is 16.9. The summed E-state index contributed by atoms with van der Waals surface area (Å²) in [5.41, 5.74) is 15.8. The van der Waals surface area contributed by atoms with Crippen molar-refractivity contribution in [1.29, 1.82) is 0 Å². The van der Waals surface area contributed by atoms with Gasteiger partial charge in [0, 0.05) is 25.2 Å². The molecule has 0 bridgehead atoms. The van der Waals surface area contributed by atoms with Crippen LogP contribution in [0.5, 0.6) is 0 Å². The van der Waals surface area contributed by atoms with Crippen molar-refractivity contribution in [3.05, 3.63) is 47.4 Å².